The van der Waals surface area contributed by atoms with Crippen LogP contribution in [0.4, 0.5) is 4.79 Å². The molecule has 190 valence electrons. The number of benzene rings is 3. The van der Waals surface area contributed by atoms with Crippen LogP contribution in [0.3, 0.4) is 0 Å². The molecule has 0 aromatic heterocycles. The van der Waals surface area contributed by atoms with Crippen LogP contribution in [-0.4, -0.2) is 59.7 Å². The number of nitrogens with zero attached hydrogens (tertiary/aromatic N) is 2. The Morgan fingerprint density at radius 3 is 1.76 bits per heavy atom. The first kappa shape index (κ1) is 25.2. The van der Waals surface area contributed by atoms with Gasteiger partial charge in [0.1, 0.15) is 29.8 Å². The Kier molecular flexibility index (Phi) is 7.71. The summed E-state index contributed by atoms with van der Waals surface area (Å²) < 4.78 is 5.21. The summed E-state index contributed by atoms with van der Waals surface area (Å²) in [7, 11) is -2.27. The Morgan fingerprint density at radius 2 is 1.30 bits per heavy atom. The third-order valence-electron chi connectivity index (χ3n) is 7.66. The van der Waals surface area contributed by atoms with Crippen molar-refractivity contribution in [1.29, 1.82) is 0 Å². The van der Waals surface area contributed by atoms with Gasteiger partial charge in [-0.05, 0) is 49.2 Å². The molecule has 2 aliphatic heterocycles. The molecule has 5 nitrogen and oxygen atoms in total. The molecule has 1 unspecified atom stereocenters. The molecule has 2 aliphatic rings. The van der Waals surface area contributed by atoms with Crippen LogP contribution >= 0.6 is 7.26 Å². The minimum absolute atomic E-state index is 0.115. The summed E-state index contributed by atoms with van der Waals surface area (Å²) in [5.41, 5.74) is -0.115. The van der Waals surface area contributed by atoms with Gasteiger partial charge < -0.3 is 14.5 Å². The summed E-state index contributed by atoms with van der Waals surface area (Å²) in [6, 6.07) is 32.1. The molecule has 0 N–H and O–H groups in total. The van der Waals surface area contributed by atoms with Gasteiger partial charge in [-0.25, -0.2) is 4.79 Å². The monoisotopic (exact) mass is 513 g/mol. The largest absolute Gasteiger partial charge is 0.445 e. The minimum atomic E-state index is -2.27. The Balaban J connectivity index is 1.48. The molecule has 5 rings (SSSR count). The van der Waals surface area contributed by atoms with Crippen molar-refractivity contribution in [3.05, 3.63) is 104 Å². The topological polar surface area (TPSA) is 49.9 Å². The molecule has 1 atom stereocenters. The molecular formula is C31H34N2O3P+. The first-order valence-electron chi connectivity index (χ1n) is 13.0. The van der Waals surface area contributed by atoms with E-state index < -0.39 is 7.26 Å². The van der Waals surface area contributed by atoms with Gasteiger partial charge in [0.2, 0.25) is 0 Å². The van der Waals surface area contributed by atoms with Crippen LogP contribution in [0.5, 0.6) is 0 Å². The minimum Gasteiger partial charge on any atom is -0.445 e. The number of carbonyl (C=O) groups is 2. The molecule has 3 aromatic carbocycles. The van der Waals surface area contributed by atoms with Crippen LogP contribution in [0.25, 0.3) is 0 Å². The Morgan fingerprint density at radius 1 is 0.811 bits per heavy atom. The first-order valence-corrected chi connectivity index (χ1v) is 14.9. The first-order chi connectivity index (χ1) is 18.2. The van der Waals surface area contributed by atoms with Crippen molar-refractivity contribution in [2.24, 2.45) is 0 Å². The number of rotatable bonds is 7. The van der Waals surface area contributed by atoms with E-state index in [1.807, 2.05) is 18.2 Å². The van der Waals surface area contributed by atoms with Crippen LogP contribution < -0.4 is 15.9 Å². The summed E-state index contributed by atoms with van der Waals surface area (Å²) in [5.74, 6) is 0.248. The van der Waals surface area contributed by atoms with Gasteiger partial charge in [0.15, 0.2) is 5.66 Å². The molecule has 3 aromatic rings. The summed E-state index contributed by atoms with van der Waals surface area (Å²) in [6.45, 7) is 5.78. The molecule has 2 fully saturated rings. The van der Waals surface area contributed by atoms with Crippen molar-refractivity contribution in [3.8, 4) is 0 Å². The molecule has 2 saturated heterocycles. The molecule has 6 heteroatoms. The second kappa shape index (κ2) is 11.3. The van der Waals surface area contributed by atoms with Crippen LogP contribution in [0.15, 0.2) is 104 Å². The molecule has 0 saturated carbocycles. The summed E-state index contributed by atoms with van der Waals surface area (Å²) in [6.07, 6.45) is 3.65. The van der Waals surface area contributed by atoms with Crippen LogP contribution in [-0.2, 0) is 9.53 Å². The fourth-order valence-electron chi connectivity index (χ4n) is 5.97. The van der Waals surface area contributed by atoms with E-state index in [1.54, 1.807) is 11.0 Å². The predicted molar refractivity (Wildman–Crippen MR) is 151 cm³/mol. The average molecular weight is 514 g/mol. The fourth-order valence-corrected chi connectivity index (χ4v) is 10.9. The molecule has 37 heavy (non-hydrogen) atoms. The lowest BCUT2D eigenvalue weighted by molar-refractivity contribution is -0.130. The van der Waals surface area contributed by atoms with E-state index in [1.165, 1.54) is 15.9 Å². The van der Waals surface area contributed by atoms with E-state index in [-0.39, 0.29) is 30.3 Å². The molecule has 0 spiro atoms. The highest BCUT2D eigenvalue weighted by molar-refractivity contribution is 7.96. The molecule has 0 radical (unpaired) electrons. The maximum absolute atomic E-state index is 14.4. The van der Waals surface area contributed by atoms with E-state index in [0.717, 1.165) is 25.8 Å². The second-order valence-electron chi connectivity index (χ2n) is 9.65. The Hall–Kier alpha value is -3.43. The van der Waals surface area contributed by atoms with Crippen molar-refractivity contribution >= 4 is 35.2 Å². The third kappa shape index (κ3) is 4.81. The SMILES string of the molecule is C=CCOC(=O)N1CCC(N2CCC([P+](c3ccccc3)(c3ccccc3)c3ccccc3)C2=O)CC1. The maximum Gasteiger partial charge on any atom is 0.410 e. The zero-order valence-corrected chi connectivity index (χ0v) is 22.0. The standard InChI is InChI=1S/C31H34N2O3P/c1-2-24-36-31(35)32-21-18-25(19-22-32)33-23-20-29(30(33)34)37(26-12-6-3-7-13-26,27-14-8-4-9-15-27)28-16-10-5-11-17-28/h2-17,25,29H,1,18-24H2/q+1. The van der Waals surface area contributed by atoms with Crippen molar-refractivity contribution in [1.82, 2.24) is 9.80 Å². The molecular weight excluding hydrogens is 479 g/mol. The average Bonchev–Trinajstić information content (AvgIpc) is 3.35. The quantitative estimate of drug-likeness (QED) is 0.348. The predicted octanol–water partition coefficient (Wildman–Crippen LogP) is 4.37. The van der Waals surface area contributed by atoms with Crippen LogP contribution in [0.1, 0.15) is 19.3 Å². The lowest BCUT2D eigenvalue weighted by Gasteiger charge is -2.37. The number of piperidine rings is 1. The van der Waals surface area contributed by atoms with Crippen molar-refractivity contribution < 1.29 is 14.3 Å². The van der Waals surface area contributed by atoms with Gasteiger partial charge in [-0.1, -0.05) is 67.3 Å². The van der Waals surface area contributed by atoms with Crippen LogP contribution in [0.2, 0.25) is 0 Å². The summed E-state index contributed by atoms with van der Waals surface area (Å²) in [5, 5.41) is 3.73. The van der Waals surface area contributed by atoms with Gasteiger partial charge in [-0.3, -0.25) is 4.79 Å². The van der Waals surface area contributed by atoms with Crippen molar-refractivity contribution in [2.45, 2.75) is 31.0 Å². The third-order valence-corrected chi connectivity index (χ3v) is 12.4. The fraction of sp³-hybridized carbons (Fsp3) is 0.290. The van der Waals surface area contributed by atoms with E-state index in [9.17, 15) is 9.59 Å². The molecule has 0 bridgehead atoms. The van der Waals surface area contributed by atoms with Gasteiger partial charge in [0.05, 0.1) is 0 Å². The van der Waals surface area contributed by atoms with E-state index in [2.05, 4.69) is 84.3 Å². The highest BCUT2D eigenvalue weighted by Gasteiger charge is 2.59. The van der Waals surface area contributed by atoms with Gasteiger partial charge in [0, 0.05) is 32.1 Å². The zero-order chi connectivity index (χ0) is 25.7. The lowest BCUT2D eigenvalue weighted by atomic mass is 10.0. The number of ether oxygens (including phenoxy) is 1. The van der Waals surface area contributed by atoms with Crippen molar-refractivity contribution in [2.75, 3.05) is 26.2 Å². The van der Waals surface area contributed by atoms with Gasteiger partial charge in [0.25, 0.3) is 5.91 Å². The summed E-state index contributed by atoms with van der Waals surface area (Å²) in [4.78, 5) is 30.5. The van der Waals surface area contributed by atoms with Crippen LogP contribution in [0, 0.1) is 0 Å². The number of hydrogen-bond acceptors (Lipinski definition) is 3. The van der Waals surface area contributed by atoms with Gasteiger partial charge in [-0.15, -0.1) is 0 Å². The molecule has 0 aliphatic carbocycles. The number of hydrogen-bond donors (Lipinski definition) is 0. The highest BCUT2D eigenvalue weighted by Crippen LogP contribution is 2.62. The second-order valence-corrected chi connectivity index (χ2v) is 13.3. The maximum atomic E-state index is 14.4. The Bertz CT molecular complexity index is 1110. The van der Waals surface area contributed by atoms with E-state index >= 15 is 0 Å². The smallest absolute Gasteiger partial charge is 0.410 e. The summed E-state index contributed by atoms with van der Waals surface area (Å²) >= 11 is 0. The molecule has 2 amide bonds. The van der Waals surface area contributed by atoms with E-state index in [0.29, 0.717) is 13.1 Å². The zero-order valence-electron chi connectivity index (χ0n) is 21.1. The number of likely N-dealkylation sites (tertiary alicyclic amines) is 2. The van der Waals surface area contributed by atoms with Gasteiger partial charge >= 0.3 is 6.09 Å². The van der Waals surface area contributed by atoms with Gasteiger partial charge in [-0.2, -0.15) is 0 Å². The number of amides is 2. The van der Waals surface area contributed by atoms with E-state index in [4.69, 9.17) is 4.74 Å². The van der Waals surface area contributed by atoms with Crippen molar-refractivity contribution in [3.63, 3.8) is 0 Å². The number of carbonyl (C=O) groups excluding carboxylic acids is 2. The normalized spacial score (nSPS) is 18.6. The lowest BCUT2D eigenvalue weighted by Crippen LogP contribution is -2.49. The Labute approximate surface area is 220 Å². The molecule has 2 heterocycles. The highest BCUT2D eigenvalue weighted by atomic mass is 31.2.